The van der Waals surface area contributed by atoms with E-state index in [4.69, 9.17) is 0 Å². The van der Waals surface area contributed by atoms with Gasteiger partial charge in [-0.05, 0) is 30.3 Å². The molecule has 3 heterocycles. The Hall–Kier alpha value is -2.68. The Morgan fingerprint density at radius 3 is 3.00 bits per heavy atom. The second kappa shape index (κ2) is 4.70. The summed E-state index contributed by atoms with van der Waals surface area (Å²) < 4.78 is 2.91. The molecule has 4 aromatic rings. The van der Waals surface area contributed by atoms with Crippen LogP contribution in [0.3, 0.4) is 0 Å². The van der Waals surface area contributed by atoms with Crippen LogP contribution in [0.2, 0.25) is 0 Å². The Morgan fingerprint density at radius 2 is 2.14 bits per heavy atom. The lowest BCUT2D eigenvalue weighted by Crippen LogP contribution is -2.10. The molecule has 0 N–H and O–H groups in total. The van der Waals surface area contributed by atoms with E-state index in [1.165, 1.54) is 17.5 Å². The monoisotopic (exact) mass is 298 g/mol. The molecule has 0 spiro atoms. The lowest BCUT2D eigenvalue weighted by molar-refractivity contribution is 0.544. The Balaban J connectivity index is 1.76. The third-order valence-electron chi connectivity index (χ3n) is 3.02. The van der Waals surface area contributed by atoms with E-state index in [1.807, 2.05) is 19.1 Å². The van der Waals surface area contributed by atoms with Gasteiger partial charge in [-0.3, -0.25) is 0 Å². The molecule has 104 valence electrons. The Kier molecular flexibility index (Phi) is 2.71. The van der Waals surface area contributed by atoms with Crippen molar-refractivity contribution >= 4 is 21.6 Å². The van der Waals surface area contributed by atoms with Crippen LogP contribution in [0.15, 0.2) is 30.9 Å². The molecule has 9 heteroatoms. The van der Waals surface area contributed by atoms with Gasteiger partial charge in [0.1, 0.15) is 12.9 Å². The lowest BCUT2D eigenvalue weighted by atomic mass is 10.3. The number of thiazole rings is 1. The zero-order chi connectivity index (χ0) is 14.2. The standard InChI is InChI=1S/C12H10N8S/c1-8-17-10-3-2-9(4-11(10)21-8)20-12(13-6-16-20)5-19-15-7-14-18-19/h2-4,6-7H,5H2,1H3. The Morgan fingerprint density at radius 1 is 1.19 bits per heavy atom. The highest BCUT2D eigenvalue weighted by molar-refractivity contribution is 7.18. The average molecular weight is 298 g/mol. The smallest absolute Gasteiger partial charge is 0.162 e. The predicted molar refractivity (Wildman–Crippen MR) is 76.2 cm³/mol. The molecule has 8 nitrogen and oxygen atoms in total. The summed E-state index contributed by atoms with van der Waals surface area (Å²) in [5.41, 5.74) is 1.94. The third-order valence-corrected chi connectivity index (χ3v) is 3.95. The van der Waals surface area contributed by atoms with Crippen molar-refractivity contribution in [3.63, 3.8) is 0 Å². The van der Waals surface area contributed by atoms with E-state index in [9.17, 15) is 0 Å². The van der Waals surface area contributed by atoms with Crippen molar-refractivity contribution in [3.05, 3.63) is 41.7 Å². The molecule has 4 rings (SSSR count). The summed E-state index contributed by atoms with van der Waals surface area (Å²) in [5, 5.41) is 16.8. The minimum Gasteiger partial charge on any atom is -0.242 e. The van der Waals surface area contributed by atoms with Crippen LogP contribution in [0.1, 0.15) is 10.8 Å². The lowest BCUT2D eigenvalue weighted by Gasteiger charge is -2.05. The van der Waals surface area contributed by atoms with Crippen LogP contribution in [0.5, 0.6) is 0 Å². The summed E-state index contributed by atoms with van der Waals surface area (Å²) in [6.07, 6.45) is 2.92. The van der Waals surface area contributed by atoms with Crippen molar-refractivity contribution in [2.24, 2.45) is 0 Å². The normalized spacial score (nSPS) is 11.3. The molecule has 0 unspecified atom stereocenters. The van der Waals surface area contributed by atoms with Gasteiger partial charge < -0.3 is 0 Å². The van der Waals surface area contributed by atoms with Crippen molar-refractivity contribution in [1.29, 1.82) is 0 Å². The number of hydrogen-bond donors (Lipinski definition) is 0. The first-order valence-corrected chi connectivity index (χ1v) is 7.08. The number of rotatable bonds is 3. The highest BCUT2D eigenvalue weighted by Crippen LogP contribution is 2.24. The molecule has 0 aliphatic rings. The van der Waals surface area contributed by atoms with Gasteiger partial charge in [0, 0.05) is 0 Å². The van der Waals surface area contributed by atoms with Crippen LogP contribution >= 0.6 is 11.3 Å². The topological polar surface area (TPSA) is 87.2 Å². The predicted octanol–water partition coefficient (Wildman–Crippen LogP) is 1.22. The fourth-order valence-electron chi connectivity index (χ4n) is 2.14. The molecule has 3 aromatic heterocycles. The van der Waals surface area contributed by atoms with Gasteiger partial charge in [-0.25, -0.2) is 14.6 Å². The van der Waals surface area contributed by atoms with E-state index >= 15 is 0 Å². The van der Waals surface area contributed by atoms with Gasteiger partial charge in [0.05, 0.1) is 20.9 Å². The largest absolute Gasteiger partial charge is 0.242 e. The summed E-state index contributed by atoms with van der Waals surface area (Å²) in [7, 11) is 0. The minimum atomic E-state index is 0.416. The van der Waals surface area contributed by atoms with Gasteiger partial charge in [-0.1, -0.05) is 0 Å². The van der Waals surface area contributed by atoms with Crippen molar-refractivity contribution in [1.82, 2.24) is 40.0 Å². The fraction of sp³-hybridized carbons (Fsp3) is 0.167. The van der Waals surface area contributed by atoms with Crippen LogP contribution in [0.25, 0.3) is 15.9 Å². The van der Waals surface area contributed by atoms with E-state index in [0.717, 1.165) is 26.7 Å². The molecule has 1 aromatic carbocycles. The van der Waals surface area contributed by atoms with Crippen LogP contribution in [0.4, 0.5) is 0 Å². The second-order valence-corrected chi connectivity index (χ2v) is 5.67. The number of tetrazole rings is 1. The molecule has 0 amide bonds. The number of aryl methyl sites for hydroxylation is 1. The van der Waals surface area contributed by atoms with Gasteiger partial charge in [0.2, 0.25) is 0 Å². The van der Waals surface area contributed by atoms with E-state index in [2.05, 4.69) is 36.5 Å². The van der Waals surface area contributed by atoms with Gasteiger partial charge in [0.25, 0.3) is 0 Å². The fourth-order valence-corrected chi connectivity index (χ4v) is 3.00. The number of fused-ring (bicyclic) bond motifs is 1. The molecule has 0 bridgehead atoms. The first-order chi connectivity index (χ1) is 10.3. The zero-order valence-corrected chi connectivity index (χ0v) is 11.9. The summed E-state index contributed by atoms with van der Waals surface area (Å²) >= 11 is 1.66. The molecule has 0 atom stereocenters. The zero-order valence-electron chi connectivity index (χ0n) is 11.1. The molecule has 0 fully saturated rings. The molecule has 0 saturated carbocycles. The van der Waals surface area contributed by atoms with Crippen molar-refractivity contribution < 1.29 is 0 Å². The summed E-state index contributed by atoms with van der Waals surface area (Å²) in [4.78, 5) is 10.2. The van der Waals surface area contributed by atoms with Crippen molar-refractivity contribution in [3.8, 4) is 5.69 Å². The molecule has 0 radical (unpaired) electrons. The third kappa shape index (κ3) is 2.17. The molecule has 0 aliphatic carbocycles. The number of benzene rings is 1. The summed E-state index contributed by atoms with van der Waals surface area (Å²) in [6.45, 7) is 2.42. The first kappa shape index (κ1) is 12.1. The van der Waals surface area contributed by atoms with Gasteiger partial charge in [-0.15, -0.1) is 21.5 Å². The molecular formula is C12H10N8S. The second-order valence-electron chi connectivity index (χ2n) is 4.44. The van der Waals surface area contributed by atoms with E-state index < -0.39 is 0 Å². The SMILES string of the molecule is Cc1nc2ccc(-n3ncnc3Cn3ncnn3)cc2s1. The maximum Gasteiger partial charge on any atom is 0.162 e. The van der Waals surface area contributed by atoms with E-state index in [0.29, 0.717) is 6.54 Å². The Bertz CT molecular complexity index is 891. The van der Waals surface area contributed by atoms with Crippen LogP contribution < -0.4 is 0 Å². The number of aromatic nitrogens is 8. The Labute approximate surface area is 123 Å². The van der Waals surface area contributed by atoms with E-state index in [-0.39, 0.29) is 0 Å². The molecule has 21 heavy (non-hydrogen) atoms. The highest BCUT2D eigenvalue weighted by atomic mass is 32.1. The van der Waals surface area contributed by atoms with Crippen LogP contribution in [-0.2, 0) is 6.54 Å². The van der Waals surface area contributed by atoms with Gasteiger partial charge in [-0.2, -0.15) is 9.90 Å². The maximum absolute atomic E-state index is 4.46. The molecular weight excluding hydrogens is 288 g/mol. The molecule has 0 saturated heterocycles. The maximum atomic E-state index is 4.46. The summed E-state index contributed by atoms with van der Waals surface area (Å²) in [6, 6.07) is 6.04. The van der Waals surface area contributed by atoms with Crippen LogP contribution in [0, 0.1) is 6.92 Å². The van der Waals surface area contributed by atoms with Crippen molar-refractivity contribution in [2.45, 2.75) is 13.5 Å². The van der Waals surface area contributed by atoms with Gasteiger partial charge >= 0.3 is 0 Å². The van der Waals surface area contributed by atoms with Crippen LogP contribution in [-0.4, -0.2) is 40.0 Å². The van der Waals surface area contributed by atoms with E-state index in [1.54, 1.807) is 16.0 Å². The first-order valence-electron chi connectivity index (χ1n) is 6.27. The van der Waals surface area contributed by atoms with Crippen molar-refractivity contribution in [2.75, 3.05) is 0 Å². The number of hydrogen-bond acceptors (Lipinski definition) is 7. The quantitative estimate of drug-likeness (QED) is 0.565. The van der Waals surface area contributed by atoms with Gasteiger partial charge in [0.15, 0.2) is 12.2 Å². The average Bonchev–Trinajstić information content (AvgIpc) is 3.18. The summed E-state index contributed by atoms with van der Waals surface area (Å²) in [5.74, 6) is 0.744. The molecule has 0 aliphatic heterocycles. The highest BCUT2D eigenvalue weighted by Gasteiger charge is 2.10. The number of nitrogens with zero attached hydrogens (tertiary/aromatic N) is 8. The minimum absolute atomic E-state index is 0.416.